The highest BCUT2D eigenvalue weighted by Crippen LogP contribution is 2.04. The van der Waals surface area contributed by atoms with Gasteiger partial charge in [-0.15, -0.1) is 11.3 Å². The predicted molar refractivity (Wildman–Crippen MR) is 48.7 cm³/mol. The average molecular weight is 196 g/mol. The second kappa shape index (κ2) is 3.14. The van der Waals surface area contributed by atoms with Crippen LogP contribution in [0, 0.1) is 0 Å². The van der Waals surface area contributed by atoms with E-state index in [1.165, 1.54) is 26.9 Å². The molecule has 6 heteroatoms. The van der Waals surface area contributed by atoms with Gasteiger partial charge in [-0.25, -0.2) is 14.5 Å². The normalized spacial score (nSPS) is 10.5. The minimum absolute atomic E-state index is 0.116. The topological polar surface area (TPSA) is 52.7 Å². The molecule has 0 radical (unpaired) electrons. The van der Waals surface area contributed by atoms with E-state index in [1.54, 1.807) is 13.2 Å². The number of rotatable bonds is 2. The minimum Gasteiger partial charge on any atom is -0.275 e. The van der Waals surface area contributed by atoms with Gasteiger partial charge in [0.15, 0.2) is 0 Å². The Bertz CT molecular complexity index is 441. The first-order valence-corrected chi connectivity index (χ1v) is 4.62. The first-order chi connectivity index (χ1) is 6.27. The van der Waals surface area contributed by atoms with Crippen molar-refractivity contribution in [2.45, 2.75) is 6.54 Å². The third kappa shape index (κ3) is 1.52. The number of hydrogen-bond acceptors (Lipinski definition) is 4. The molecule has 2 heterocycles. The zero-order valence-corrected chi connectivity index (χ0v) is 7.86. The molecule has 5 nitrogen and oxygen atoms in total. The summed E-state index contributed by atoms with van der Waals surface area (Å²) in [6, 6.07) is 0. The summed E-state index contributed by atoms with van der Waals surface area (Å²) in [6.07, 6.45) is 3.24. The number of hydrogen-bond donors (Lipinski definition) is 0. The van der Waals surface area contributed by atoms with E-state index in [-0.39, 0.29) is 5.69 Å². The van der Waals surface area contributed by atoms with Crippen molar-refractivity contribution in [3.05, 3.63) is 33.4 Å². The fourth-order valence-corrected chi connectivity index (χ4v) is 1.62. The van der Waals surface area contributed by atoms with E-state index in [4.69, 9.17) is 0 Å². The standard InChI is InChI=1S/C7H8N4OS/c1-10-7(12)11(5-9-10)4-6-8-2-3-13-6/h2-3,5H,4H2,1H3. The van der Waals surface area contributed by atoms with Crippen molar-refractivity contribution in [1.82, 2.24) is 19.3 Å². The zero-order chi connectivity index (χ0) is 9.26. The van der Waals surface area contributed by atoms with Crippen LogP contribution in [0.2, 0.25) is 0 Å². The van der Waals surface area contributed by atoms with Gasteiger partial charge in [0.1, 0.15) is 11.3 Å². The van der Waals surface area contributed by atoms with E-state index in [9.17, 15) is 4.79 Å². The van der Waals surface area contributed by atoms with Crippen LogP contribution in [0.4, 0.5) is 0 Å². The van der Waals surface area contributed by atoms with Crippen molar-refractivity contribution in [2.24, 2.45) is 7.05 Å². The summed E-state index contributed by atoms with van der Waals surface area (Å²) in [5.74, 6) is 0. The fourth-order valence-electron chi connectivity index (χ4n) is 1.01. The summed E-state index contributed by atoms with van der Waals surface area (Å²) in [4.78, 5) is 15.4. The van der Waals surface area contributed by atoms with Crippen LogP contribution in [-0.4, -0.2) is 19.3 Å². The lowest BCUT2D eigenvalue weighted by Crippen LogP contribution is -2.22. The zero-order valence-electron chi connectivity index (χ0n) is 7.04. The Morgan fingerprint density at radius 2 is 2.46 bits per heavy atom. The molecule has 0 aliphatic carbocycles. The first-order valence-electron chi connectivity index (χ1n) is 3.74. The van der Waals surface area contributed by atoms with Gasteiger partial charge in [0, 0.05) is 18.6 Å². The lowest BCUT2D eigenvalue weighted by molar-refractivity contribution is 0.690. The molecule has 0 saturated heterocycles. The third-order valence-electron chi connectivity index (χ3n) is 1.68. The molecule has 0 aliphatic heterocycles. The van der Waals surface area contributed by atoms with Crippen LogP contribution in [0.15, 0.2) is 22.7 Å². The highest BCUT2D eigenvalue weighted by atomic mass is 32.1. The largest absolute Gasteiger partial charge is 0.345 e. The molecule has 0 saturated carbocycles. The highest BCUT2D eigenvalue weighted by molar-refractivity contribution is 7.09. The van der Waals surface area contributed by atoms with Gasteiger partial charge in [-0.05, 0) is 0 Å². The number of aryl methyl sites for hydroxylation is 1. The molecule has 0 N–H and O–H groups in total. The van der Waals surface area contributed by atoms with Crippen LogP contribution < -0.4 is 5.69 Å². The average Bonchev–Trinajstić information content (AvgIpc) is 2.71. The van der Waals surface area contributed by atoms with Crippen LogP contribution in [-0.2, 0) is 13.6 Å². The van der Waals surface area contributed by atoms with Crippen molar-refractivity contribution in [3.63, 3.8) is 0 Å². The highest BCUT2D eigenvalue weighted by Gasteiger charge is 2.02. The Balaban J connectivity index is 2.29. The van der Waals surface area contributed by atoms with Crippen molar-refractivity contribution < 1.29 is 0 Å². The molecule has 13 heavy (non-hydrogen) atoms. The maximum atomic E-state index is 11.3. The van der Waals surface area contributed by atoms with Gasteiger partial charge >= 0.3 is 5.69 Å². The Kier molecular flexibility index (Phi) is 1.97. The van der Waals surface area contributed by atoms with E-state index in [2.05, 4.69) is 10.1 Å². The third-order valence-corrected chi connectivity index (χ3v) is 2.44. The van der Waals surface area contributed by atoms with Gasteiger partial charge in [0.25, 0.3) is 0 Å². The molecule has 0 aliphatic rings. The molecular weight excluding hydrogens is 188 g/mol. The van der Waals surface area contributed by atoms with Gasteiger partial charge in [-0.2, -0.15) is 5.10 Å². The van der Waals surface area contributed by atoms with Crippen LogP contribution in [0.3, 0.4) is 0 Å². The second-order valence-corrected chi connectivity index (χ2v) is 3.57. The molecular formula is C7H8N4OS. The molecule has 0 bridgehead atoms. The SMILES string of the molecule is Cn1ncn(Cc2nccs2)c1=O. The van der Waals surface area contributed by atoms with Gasteiger partial charge in [-0.1, -0.05) is 0 Å². The summed E-state index contributed by atoms with van der Waals surface area (Å²) < 4.78 is 2.83. The molecule has 2 aromatic rings. The maximum Gasteiger partial charge on any atom is 0.345 e. The molecule has 2 aromatic heterocycles. The number of thiazole rings is 1. The smallest absolute Gasteiger partial charge is 0.275 e. The molecule has 0 aromatic carbocycles. The summed E-state index contributed by atoms with van der Waals surface area (Å²) in [7, 11) is 1.63. The first kappa shape index (κ1) is 8.18. The van der Waals surface area contributed by atoms with Crippen molar-refractivity contribution in [1.29, 1.82) is 0 Å². The molecule has 0 fully saturated rings. The summed E-state index contributed by atoms with van der Waals surface area (Å²) in [5, 5.41) is 6.64. The Labute approximate surface area is 78.3 Å². The van der Waals surface area contributed by atoms with E-state index < -0.39 is 0 Å². The molecule has 0 atom stereocenters. The molecule has 0 unspecified atom stereocenters. The summed E-state index contributed by atoms with van der Waals surface area (Å²) >= 11 is 1.53. The molecule has 68 valence electrons. The van der Waals surface area contributed by atoms with E-state index in [0.717, 1.165) is 5.01 Å². The fraction of sp³-hybridized carbons (Fsp3) is 0.286. The van der Waals surface area contributed by atoms with Crippen molar-refractivity contribution in [3.8, 4) is 0 Å². The van der Waals surface area contributed by atoms with Crippen LogP contribution in [0.1, 0.15) is 5.01 Å². The van der Waals surface area contributed by atoms with Crippen LogP contribution >= 0.6 is 11.3 Å². The monoisotopic (exact) mass is 196 g/mol. The minimum atomic E-state index is -0.116. The quantitative estimate of drug-likeness (QED) is 0.684. The van der Waals surface area contributed by atoms with Gasteiger partial charge < -0.3 is 0 Å². The molecule has 2 rings (SSSR count). The molecule has 0 spiro atoms. The van der Waals surface area contributed by atoms with E-state index in [1.807, 2.05) is 5.38 Å². The van der Waals surface area contributed by atoms with Crippen molar-refractivity contribution >= 4 is 11.3 Å². The van der Waals surface area contributed by atoms with E-state index in [0.29, 0.717) is 6.54 Å². The molecule has 0 amide bonds. The number of nitrogens with zero attached hydrogens (tertiary/aromatic N) is 4. The Hall–Kier alpha value is -1.43. The van der Waals surface area contributed by atoms with Gasteiger partial charge in [0.2, 0.25) is 0 Å². The van der Waals surface area contributed by atoms with Crippen LogP contribution in [0.5, 0.6) is 0 Å². The van der Waals surface area contributed by atoms with E-state index >= 15 is 0 Å². The Morgan fingerprint density at radius 1 is 1.62 bits per heavy atom. The van der Waals surface area contributed by atoms with Crippen molar-refractivity contribution in [2.75, 3.05) is 0 Å². The lowest BCUT2D eigenvalue weighted by atomic mass is 10.6. The Morgan fingerprint density at radius 3 is 3.00 bits per heavy atom. The van der Waals surface area contributed by atoms with Crippen LogP contribution in [0.25, 0.3) is 0 Å². The number of aromatic nitrogens is 4. The maximum absolute atomic E-state index is 11.3. The summed E-state index contributed by atoms with van der Waals surface area (Å²) in [5.41, 5.74) is -0.116. The summed E-state index contributed by atoms with van der Waals surface area (Å²) in [6.45, 7) is 0.504. The van der Waals surface area contributed by atoms with Gasteiger partial charge in [0.05, 0.1) is 6.54 Å². The predicted octanol–water partition coefficient (Wildman–Crippen LogP) is 0.0866. The lowest BCUT2D eigenvalue weighted by Gasteiger charge is -1.93. The van der Waals surface area contributed by atoms with Gasteiger partial charge in [-0.3, -0.25) is 4.57 Å². The second-order valence-electron chi connectivity index (χ2n) is 2.59.